The second kappa shape index (κ2) is 7.35. The van der Waals surface area contributed by atoms with Gasteiger partial charge in [-0.2, -0.15) is 8.42 Å². The Bertz CT molecular complexity index is 535. The number of hydrogen-bond acceptors (Lipinski definition) is 5. The molecular formula is C14H25FN2O3S. The molecule has 122 valence electrons. The van der Waals surface area contributed by atoms with E-state index in [-0.39, 0.29) is 12.5 Å². The third-order valence-electron chi connectivity index (χ3n) is 3.39. The zero-order valence-electron chi connectivity index (χ0n) is 13.4. The van der Waals surface area contributed by atoms with Crippen molar-refractivity contribution in [1.29, 1.82) is 0 Å². The molecule has 0 saturated carbocycles. The van der Waals surface area contributed by atoms with Crippen LogP contribution in [0.5, 0.6) is 0 Å². The van der Waals surface area contributed by atoms with Crippen LogP contribution in [0, 0.1) is 19.8 Å². The maximum absolute atomic E-state index is 12.7. The topological polar surface area (TPSA) is 63.4 Å². The average Bonchev–Trinajstić information content (AvgIpc) is 2.64. The van der Waals surface area contributed by atoms with Crippen LogP contribution in [0.25, 0.3) is 0 Å². The van der Waals surface area contributed by atoms with Crippen LogP contribution >= 0.6 is 0 Å². The molecule has 0 N–H and O–H groups in total. The summed E-state index contributed by atoms with van der Waals surface area (Å²) < 4.78 is 39.4. The van der Waals surface area contributed by atoms with Crippen molar-refractivity contribution in [2.45, 2.75) is 40.5 Å². The van der Waals surface area contributed by atoms with Gasteiger partial charge in [-0.25, -0.2) is 0 Å². The molecule has 5 nitrogen and oxygen atoms in total. The van der Waals surface area contributed by atoms with Crippen molar-refractivity contribution in [3.05, 3.63) is 17.0 Å². The Hall–Kier alpha value is -0.950. The van der Waals surface area contributed by atoms with Gasteiger partial charge < -0.3 is 9.42 Å². The molecule has 1 aromatic heterocycles. The normalized spacial score (nSPS) is 14.1. The first-order chi connectivity index (χ1) is 9.60. The minimum atomic E-state index is -4.43. The third-order valence-corrected chi connectivity index (χ3v) is 4.06. The van der Waals surface area contributed by atoms with Crippen LogP contribution in [0.2, 0.25) is 0 Å². The highest BCUT2D eigenvalue weighted by molar-refractivity contribution is 7.86. The van der Waals surface area contributed by atoms with Gasteiger partial charge >= 0.3 is 10.2 Å². The van der Waals surface area contributed by atoms with Gasteiger partial charge in [0.15, 0.2) is 0 Å². The Labute approximate surface area is 126 Å². The summed E-state index contributed by atoms with van der Waals surface area (Å²) in [5.41, 5.74) is 1.90. The monoisotopic (exact) mass is 320 g/mol. The molecule has 0 radical (unpaired) electrons. The van der Waals surface area contributed by atoms with Crippen molar-refractivity contribution >= 4 is 10.2 Å². The van der Waals surface area contributed by atoms with Crippen molar-refractivity contribution in [3.8, 4) is 0 Å². The van der Waals surface area contributed by atoms with Crippen LogP contribution in [0.1, 0.15) is 43.7 Å². The summed E-state index contributed by atoms with van der Waals surface area (Å²) in [5.74, 6) is 0.845. The second-order valence-corrected chi connectivity index (χ2v) is 7.52. The first-order valence-corrected chi connectivity index (χ1v) is 8.73. The molecule has 1 heterocycles. The molecule has 0 fully saturated rings. The Balaban J connectivity index is 2.76. The lowest BCUT2D eigenvalue weighted by atomic mass is 9.98. The van der Waals surface area contributed by atoms with Gasteiger partial charge in [-0.15, -0.1) is 3.89 Å². The summed E-state index contributed by atoms with van der Waals surface area (Å²) in [6.45, 7) is 11.5. The highest BCUT2D eigenvalue weighted by Crippen LogP contribution is 2.24. The van der Waals surface area contributed by atoms with E-state index in [4.69, 9.17) is 4.52 Å². The molecule has 0 aliphatic heterocycles. The van der Waals surface area contributed by atoms with Crippen molar-refractivity contribution in [2.75, 3.05) is 25.4 Å². The first-order valence-electron chi connectivity index (χ1n) is 7.17. The third kappa shape index (κ3) is 6.13. The fourth-order valence-corrected chi connectivity index (χ4v) is 3.16. The molecule has 1 unspecified atom stereocenters. The van der Waals surface area contributed by atoms with Gasteiger partial charge in [-0.1, -0.05) is 25.9 Å². The summed E-state index contributed by atoms with van der Waals surface area (Å²) in [6, 6.07) is 0. The second-order valence-electron chi connectivity index (χ2n) is 6.04. The van der Waals surface area contributed by atoms with E-state index in [1.165, 1.54) is 0 Å². The van der Waals surface area contributed by atoms with Crippen LogP contribution in [-0.2, 0) is 10.2 Å². The quantitative estimate of drug-likeness (QED) is 0.689. The largest absolute Gasteiger partial charge is 0.361 e. The van der Waals surface area contributed by atoms with Crippen LogP contribution in [0.15, 0.2) is 4.52 Å². The molecule has 0 aliphatic rings. The van der Waals surface area contributed by atoms with E-state index in [1.807, 2.05) is 25.7 Å². The van der Waals surface area contributed by atoms with Crippen molar-refractivity contribution in [1.82, 2.24) is 10.1 Å². The van der Waals surface area contributed by atoms with Gasteiger partial charge in [-0.3, -0.25) is 0 Å². The predicted molar refractivity (Wildman–Crippen MR) is 80.6 cm³/mol. The summed E-state index contributed by atoms with van der Waals surface area (Å²) in [5, 5.41) is 3.94. The zero-order valence-corrected chi connectivity index (χ0v) is 14.2. The highest BCUT2D eigenvalue weighted by Gasteiger charge is 2.21. The van der Waals surface area contributed by atoms with Gasteiger partial charge in [0.2, 0.25) is 0 Å². The van der Waals surface area contributed by atoms with Crippen LogP contribution in [0.4, 0.5) is 3.89 Å². The number of nitrogens with zero attached hydrogens (tertiary/aromatic N) is 2. The molecule has 1 rings (SSSR count). The highest BCUT2D eigenvalue weighted by atomic mass is 32.3. The minimum Gasteiger partial charge on any atom is -0.361 e. The molecule has 0 amide bonds. The lowest BCUT2D eigenvalue weighted by molar-refractivity contribution is 0.244. The van der Waals surface area contributed by atoms with E-state index < -0.39 is 16.0 Å². The molecule has 21 heavy (non-hydrogen) atoms. The average molecular weight is 320 g/mol. The fourth-order valence-electron chi connectivity index (χ4n) is 2.68. The van der Waals surface area contributed by atoms with Crippen LogP contribution in [-0.4, -0.2) is 43.9 Å². The Morgan fingerprint density at radius 2 is 1.86 bits per heavy atom. The van der Waals surface area contributed by atoms with E-state index in [9.17, 15) is 12.3 Å². The van der Waals surface area contributed by atoms with Gasteiger partial charge in [0.1, 0.15) is 5.76 Å². The van der Waals surface area contributed by atoms with E-state index in [0.717, 1.165) is 23.6 Å². The number of halogens is 1. The SMILES string of the molecule is Cc1noc(C)c1C(C)CN(CCS(=O)(=O)F)CC(C)C. The first kappa shape index (κ1) is 18.1. The molecule has 0 aromatic carbocycles. The number of aromatic nitrogens is 1. The van der Waals surface area contributed by atoms with Gasteiger partial charge in [-0.05, 0) is 25.7 Å². The van der Waals surface area contributed by atoms with Gasteiger partial charge in [0.25, 0.3) is 0 Å². The minimum absolute atomic E-state index is 0.150. The molecular weight excluding hydrogens is 295 g/mol. The standard InChI is InChI=1S/C14H25FN2O3S/c1-10(2)8-17(6-7-21(15,18)19)9-11(3)14-12(4)16-20-13(14)5/h10-11H,6-9H2,1-5H3. The molecule has 7 heteroatoms. The Morgan fingerprint density at radius 1 is 1.24 bits per heavy atom. The smallest absolute Gasteiger partial charge is 0.303 e. The fraction of sp³-hybridized carbons (Fsp3) is 0.786. The lowest BCUT2D eigenvalue weighted by Gasteiger charge is -2.26. The summed E-state index contributed by atoms with van der Waals surface area (Å²) in [7, 11) is -4.43. The molecule has 1 atom stereocenters. The maximum Gasteiger partial charge on any atom is 0.303 e. The number of aryl methyl sites for hydroxylation is 2. The molecule has 1 aromatic rings. The summed E-state index contributed by atoms with van der Waals surface area (Å²) in [6.07, 6.45) is 0. The predicted octanol–water partition coefficient (Wildman–Crippen LogP) is 2.65. The van der Waals surface area contributed by atoms with Crippen molar-refractivity contribution in [2.24, 2.45) is 5.92 Å². The number of hydrogen-bond donors (Lipinski definition) is 0. The van der Waals surface area contributed by atoms with Crippen LogP contribution < -0.4 is 0 Å². The Morgan fingerprint density at radius 3 is 2.29 bits per heavy atom. The Kier molecular flexibility index (Phi) is 6.34. The molecule has 0 bridgehead atoms. The molecule has 0 spiro atoms. The van der Waals surface area contributed by atoms with Crippen LogP contribution in [0.3, 0.4) is 0 Å². The molecule has 0 saturated heterocycles. The van der Waals surface area contributed by atoms with Crippen molar-refractivity contribution < 1.29 is 16.8 Å². The van der Waals surface area contributed by atoms with E-state index in [2.05, 4.69) is 19.0 Å². The zero-order chi connectivity index (χ0) is 16.2. The maximum atomic E-state index is 12.7. The van der Waals surface area contributed by atoms with E-state index >= 15 is 0 Å². The van der Waals surface area contributed by atoms with Gasteiger partial charge in [0.05, 0.1) is 11.4 Å². The van der Waals surface area contributed by atoms with Crippen molar-refractivity contribution in [3.63, 3.8) is 0 Å². The van der Waals surface area contributed by atoms with E-state index in [1.54, 1.807) is 0 Å². The number of rotatable bonds is 8. The summed E-state index contributed by atoms with van der Waals surface area (Å²) >= 11 is 0. The van der Waals surface area contributed by atoms with Gasteiger partial charge in [0, 0.05) is 25.2 Å². The summed E-state index contributed by atoms with van der Waals surface area (Å²) in [4.78, 5) is 1.98. The van der Waals surface area contributed by atoms with E-state index in [0.29, 0.717) is 12.5 Å². The lowest BCUT2D eigenvalue weighted by Crippen LogP contribution is -2.35. The molecule has 0 aliphatic carbocycles.